The molecule has 0 aromatic carbocycles. The first kappa shape index (κ1) is 30.9. The Bertz CT molecular complexity index is 434. The van der Waals surface area contributed by atoms with Gasteiger partial charge in [0.15, 0.2) is 0 Å². The largest absolute Gasteiger partial charge is 0.356 e. The zero-order valence-electron chi connectivity index (χ0n) is 18.2. The van der Waals surface area contributed by atoms with Crippen LogP contribution in [0.4, 0.5) is 0 Å². The lowest BCUT2D eigenvalue weighted by Gasteiger charge is -2.18. The lowest BCUT2D eigenvalue weighted by molar-refractivity contribution is -0.129. The Balaban J connectivity index is -0.00000146. The summed E-state index contributed by atoms with van der Waals surface area (Å²) in [4.78, 5) is 45.8. The van der Waals surface area contributed by atoms with Crippen LogP contribution in [0.2, 0.25) is 0 Å². The Morgan fingerprint density at radius 1 is 0.750 bits per heavy atom. The molecule has 1 unspecified atom stereocenters. The quantitative estimate of drug-likeness (QED) is 0.283. The molecule has 166 valence electrons. The number of halogens is 1. The van der Waals surface area contributed by atoms with Crippen molar-refractivity contribution in [2.24, 2.45) is 0 Å². The van der Waals surface area contributed by atoms with E-state index in [2.05, 4.69) is 21.3 Å². The van der Waals surface area contributed by atoms with Crippen molar-refractivity contribution in [1.82, 2.24) is 21.3 Å². The monoisotopic (exact) mass is 422 g/mol. The summed E-state index contributed by atoms with van der Waals surface area (Å²) >= 11 is 5.34. The number of amides is 4. The van der Waals surface area contributed by atoms with Crippen molar-refractivity contribution in [3.63, 3.8) is 0 Å². The van der Waals surface area contributed by atoms with Crippen molar-refractivity contribution in [3.05, 3.63) is 0 Å². The normalized spacial score (nSPS) is 10.1. The number of alkyl halides is 1. The van der Waals surface area contributed by atoms with Crippen molar-refractivity contribution >= 4 is 35.2 Å². The van der Waals surface area contributed by atoms with Crippen molar-refractivity contribution in [2.45, 2.75) is 73.3 Å². The minimum atomic E-state index is -0.667. The van der Waals surface area contributed by atoms with Crippen LogP contribution in [0.15, 0.2) is 0 Å². The summed E-state index contributed by atoms with van der Waals surface area (Å²) in [7, 11) is 0. The lowest BCUT2D eigenvalue weighted by atomic mass is 10.1. The van der Waals surface area contributed by atoms with E-state index in [-0.39, 0.29) is 49.0 Å². The van der Waals surface area contributed by atoms with E-state index in [0.717, 1.165) is 0 Å². The van der Waals surface area contributed by atoms with Crippen LogP contribution in [0.1, 0.15) is 67.2 Å². The van der Waals surface area contributed by atoms with Gasteiger partial charge in [-0.25, -0.2) is 0 Å². The highest BCUT2D eigenvalue weighted by molar-refractivity contribution is 6.27. The fraction of sp³-hybridized carbons (Fsp3) is 0.789. The predicted octanol–water partition coefficient (Wildman–Crippen LogP) is 1.71. The van der Waals surface area contributed by atoms with Crippen molar-refractivity contribution in [1.29, 1.82) is 0 Å². The molecule has 4 amide bonds. The van der Waals surface area contributed by atoms with Crippen LogP contribution < -0.4 is 21.3 Å². The number of hydrogen-bond donors (Lipinski definition) is 4. The number of hydrogen-bond acceptors (Lipinski definition) is 4. The average molecular weight is 423 g/mol. The number of carbonyl (C=O) groups is 4. The lowest BCUT2D eigenvalue weighted by Crippen LogP contribution is -2.48. The van der Waals surface area contributed by atoms with E-state index in [9.17, 15) is 19.2 Å². The topological polar surface area (TPSA) is 116 Å². The molecule has 0 aliphatic carbocycles. The van der Waals surface area contributed by atoms with E-state index in [1.165, 1.54) is 0 Å². The van der Waals surface area contributed by atoms with Crippen molar-refractivity contribution < 1.29 is 19.2 Å². The minimum absolute atomic E-state index is 0.0522. The van der Waals surface area contributed by atoms with Crippen LogP contribution in [-0.4, -0.2) is 55.2 Å². The van der Waals surface area contributed by atoms with Crippen LogP contribution in [0, 0.1) is 0 Å². The van der Waals surface area contributed by atoms with E-state index in [1.807, 2.05) is 27.7 Å². The van der Waals surface area contributed by atoms with Gasteiger partial charge >= 0.3 is 0 Å². The fourth-order valence-corrected chi connectivity index (χ4v) is 1.88. The molecule has 0 aliphatic heterocycles. The van der Waals surface area contributed by atoms with Gasteiger partial charge in [-0.05, 0) is 12.8 Å². The molecule has 9 heteroatoms. The zero-order chi connectivity index (χ0) is 22.4. The minimum Gasteiger partial charge on any atom is -0.356 e. The maximum Gasteiger partial charge on any atom is 0.242 e. The van der Waals surface area contributed by atoms with Crippen LogP contribution >= 0.6 is 11.6 Å². The summed E-state index contributed by atoms with van der Waals surface area (Å²) in [5, 5.41) is 10.6. The molecule has 28 heavy (non-hydrogen) atoms. The first-order chi connectivity index (χ1) is 13.4. The molecule has 0 rings (SSSR count). The molecule has 0 aliphatic rings. The van der Waals surface area contributed by atoms with Crippen molar-refractivity contribution in [3.8, 4) is 0 Å². The molecule has 4 N–H and O–H groups in total. The van der Waals surface area contributed by atoms with Gasteiger partial charge in [-0.1, -0.05) is 41.5 Å². The molecule has 0 spiro atoms. The summed E-state index contributed by atoms with van der Waals surface area (Å²) in [5.74, 6) is -1.04. The molecule has 0 bridgehead atoms. The molecule has 0 saturated heterocycles. The number of nitrogens with one attached hydrogen (secondary N) is 4. The second kappa shape index (κ2) is 23.2. The highest BCUT2D eigenvalue weighted by atomic mass is 35.5. The first-order valence-corrected chi connectivity index (χ1v) is 10.6. The summed E-state index contributed by atoms with van der Waals surface area (Å²) in [6.45, 7) is 12.4. The Kier molecular flexibility index (Phi) is 25.6. The highest BCUT2D eigenvalue weighted by Gasteiger charge is 2.19. The Morgan fingerprint density at radius 2 is 1.25 bits per heavy atom. The van der Waals surface area contributed by atoms with Crippen LogP contribution in [0.25, 0.3) is 0 Å². The second-order valence-electron chi connectivity index (χ2n) is 5.09. The summed E-state index contributed by atoms with van der Waals surface area (Å²) < 4.78 is 0. The van der Waals surface area contributed by atoms with E-state index in [1.54, 1.807) is 13.8 Å². The highest BCUT2D eigenvalue weighted by Crippen LogP contribution is 1.98. The SMILES string of the molecule is CC.CC.CCC(=O)NCCCC(NC(=O)CC)C(=O)NCCNC(=O)CCl. The van der Waals surface area contributed by atoms with Gasteiger partial charge in [0.05, 0.1) is 0 Å². The summed E-state index contributed by atoms with van der Waals surface area (Å²) in [6, 6.07) is -0.667. The van der Waals surface area contributed by atoms with Gasteiger partial charge < -0.3 is 21.3 Å². The van der Waals surface area contributed by atoms with E-state index in [0.29, 0.717) is 25.8 Å². The summed E-state index contributed by atoms with van der Waals surface area (Å²) in [6.07, 6.45) is 1.67. The number of rotatable bonds is 12. The van der Waals surface area contributed by atoms with Gasteiger partial charge in [0, 0.05) is 32.5 Å². The van der Waals surface area contributed by atoms with Gasteiger partial charge in [0.1, 0.15) is 11.9 Å². The third-order valence-corrected chi connectivity index (χ3v) is 3.40. The molecule has 0 fully saturated rings. The van der Waals surface area contributed by atoms with Gasteiger partial charge in [0.25, 0.3) is 0 Å². The molecular formula is C19H39ClN4O4. The molecular weight excluding hydrogens is 384 g/mol. The maximum absolute atomic E-state index is 12.1. The molecule has 0 aromatic heterocycles. The van der Waals surface area contributed by atoms with Gasteiger partial charge in [-0.3, -0.25) is 19.2 Å². The predicted molar refractivity (Wildman–Crippen MR) is 114 cm³/mol. The van der Waals surface area contributed by atoms with E-state index in [4.69, 9.17) is 11.6 Å². The number of carbonyl (C=O) groups excluding carboxylic acids is 4. The summed E-state index contributed by atoms with van der Waals surface area (Å²) in [5.41, 5.74) is 0. The van der Waals surface area contributed by atoms with E-state index < -0.39 is 6.04 Å². The molecule has 0 radical (unpaired) electrons. The molecule has 0 saturated carbocycles. The molecule has 0 aromatic rings. The van der Waals surface area contributed by atoms with Crippen LogP contribution in [0.5, 0.6) is 0 Å². The van der Waals surface area contributed by atoms with Gasteiger partial charge in [-0.2, -0.15) is 0 Å². The Morgan fingerprint density at radius 3 is 1.75 bits per heavy atom. The van der Waals surface area contributed by atoms with Crippen LogP contribution in [0.3, 0.4) is 0 Å². The molecule has 1 atom stereocenters. The standard InChI is InChI=1S/C15H27ClN4O4.2C2H6/c1-3-12(21)17-7-5-6-11(20-13(22)4-2)15(24)19-9-8-18-14(23)10-16;2*1-2/h11H,3-10H2,1-2H3,(H,17,21)(H,18,23)(H,19,24)(H,20,22);2*1-2H3. The molecule has 0 heterocycles. The Labute approximate surface area is 174 Å². The molecule has 8 nitrogen and oxygen atoms in total. The maximum atomic E-state index is 12.1. The average Bonchev–Trinajstić information content (AvgIpc) is 2.75. The smallest absolute Gasteiger partial charge is 0.242 e. The van der Waals surface area contributed by atoms with Crippen molar-refractivity contribution in [2.75, 3.05) is 25.5 Å². The van der Waals surface area contributed by atoms with E-state index >= 15 is 0 Å². The third kappa shape index (κ3) is 18.9. The van der Waals surface area contributed by atoms with Gasteiger partial charge in [-0.15, -0.1) is 11.6 Å². The fourth-order valence-electron chi connectivity index (χ4n) is 1.78. The zero-order valence-corrected chi connectivity index (χ0v) is 19.0. The Hall–Kier alpha value is -1.83. The first-order valence-electron chi connectivity index (χ1n) is 10.1. The second-order valence-corrected chi connectivity index (χ2v) is 5.36. The van der Waals surface area contributed by atoms with Crippen LogP contribution in [-0.2, 0) is 19.2 Å². The van der Waals surface area contributed by atoms with Gasteiger partial charge in [0.2, 0.25) is 23.6 Å². The third-order valence-electron chi connectivity index (χ3n) is 3.15.